The fourth-order valence-electron chi connectivity index (χ4n) is 2.98. The molecule has 4 heteroatoms. The summed E-state index contributed by atoms with van der Waals surface area (Å²) in [7, 11) is 0. The fraction of sp³-hybridized carbons (Fsp3) is 0.611. The lowest BCUT2D eigenvalue weighted by Gasteiger charge is -2.19. The highest BCUT2D eigenvalue weighted by atomic mass is 16.1. The van der Waals surface area contributed by atoms with E-state index in [0.29, 0.717) is 6.42 Å². The SMILES string of the molecule is NC(CC(=O)NCCCN1CCCCCC1)c1ccccc1. The van der Waals surface area contributed by atoms with Gasteiger partial charge in [-0.3, -0.25) is 4.79 Å². The van der Waals surface area contributed by atoms with E-state index in [1.165, 1.54) is 38.8 Å². The highest BCUT2D eigenvalue weighted by Gasteiger charge is 2.11. The minimum Gasteiger partial charge on any atom is -0.356 e. The topological polar surface area (TPSA) is 58.4 Å². The van der Waals surface area contributed by atoms with Crippen molar-refractivity contribution in [2.24, 2.45) is 5.73 Å². The third-order valence-electron chi connectivity index (χ3n) is 4.31. The van der Waals surface area contributed by atoms with Gasteiger partial charge in [0.1, 0.15) is 0 Å². The van der Waals surface area contributed by atoms with Gasteiger partial charge in [0.25, 0.3) is 0 Å². The maximum atomic E-state index is 11.9. The van der Waals surface area contributed by atoms with E-state index in [4.69, 9.17) is 5.73 Å². The standard InChI is InChI=1S/C18H29N3O/c19-17(16-9-4-3-5-10-16)15-18(22)20-11-8-14-21-12-6-1-2-7-13-21/h3-5,9-10,17H,1-2,6-8,11-15,19H2,(H,20,22). The Morgan fingerprint density at radius 1 is 1.14 bits per heavy atom. The second-order valence-corrected chi connectivity index (χ2v) is 6.18. The molecule has 0 aliphatic carbocycles. The van der Waals surface area contributed by atoms with Crippen LogP contribution in [0.1, 0.15) is 50.1 Å². The number of nitrogens with zero attached hydrogens (tertiary/aromatic N) is 1. The predicted molar refractivity (Wildman–Crippen MR) is 90.5 cm³/mol. The van der Waals surface area contributed by atoms with Crippen molar-refractivity contribution in [2.45, 2.75) is 44.6 Å². The number of amides is 1. The Labute approximate surface area is 134 Å². The van der Waals surface area contributed by atoms with E-state index in [2.05, 4.69) is 10.2 Å². The minimum absolute atomic E-state index is 0.0484. The maximum Gasteiger partial charge on any atom is 0.221 e. The zero-order valence-corrected chi connectivity index (χ0v) is 13.5. The van der Waals surface area contributed by atoms with E-state index in [-0.39, 0.29) is 11.9 Å². The first-order chi connectivity index (χ1) is 10.8. The molecule has 22 heavy (non-hydrogen) atoms. The lowest BCUT2D eigenvalue weighted by molar-refractivity contribution is -0.121. The van der Waals surface area contributed by atoms with Gasteiger partial charge >= 0.3 is 0 Å². The fourth-order valence-corrected chi connectivity index (χ4v) is 2.98. The number of carbonyl (C=O) groups excluding carboxylic acids is 1. The van der Waals surface area contributed by atoms with Crippen LogP contribution < -0.4 is 11.1 Å². The average molecular weight is 303 g/mol. The Morgan fingerprint density at radius 3 is 2.50 bits per heavy atom. The monoisotopic (exact) mass is 303 g/mol. The number of hydrogen-bond donors (Lipinski definition) is 2. The van der Waals surface area contributed by atoms with Gasteiger partial charge in [-0.05, 0) is 44.5 Å². The summed E-state index contributed by atoms with van der Waals surface area (Å²) in [6, 6.07) is 9.59. The second-order valence-electron chi connectivity index (χ2n) is 6.18. The van der Waals surface area contributed by atoms with Crippen LogP contribution in [-0.4, -0.2) is 37.0 Å². The summed E-state index contributed by atoms with van der Waals surface area (Å²) in [5.74, 6) is 0.0484. The van der Waals surface area contributed by atoms with Crippen LogP contribution in [0.5, 0.6) is 0 Å². The Bertz CT molecular complexity index is 427. The molecular weight excluding hydrogens is 274 g/mol. The summed E-state index contributed by atoms with van der Waals surface area (Å²) in [4.78, 5) is 14.5. The highest BCUT2D eigenvalue weighted by Crippen LogP contribution is 2.13. The first-order valence-electron chi connectivity index (χ1n) is 8.55. The van der Waals surface area contributed by atoms with E-state index in [9.17, 15) is 4.79 Å². The minimum atomic E-state index is -0.216. The van der Waals surface area contributed by atoms with E-state index in [0.717, 1.165) is 25.1 Å². The summed E-state index contributed by atoms with van der Waals surface area (Å²) >= 11 is 0. The van der Waals surface area contributed by atoms with Crippen molar-refractivity contribution in [2.75, 3.05) is 26.2 Å². The van der Waals surface area contributed by atoms with Crippen LogP contribution >= 0.6 is 0 Å². The summed E-state index contributed by atoms with van der Waals surface area (Å²) < 4.78 is 0. The van der Waals surface area contributed by atoms with Crippen molar-refractivity contribution >= 4 is 5.91 Å². The number of hydrogen-bond acceptors (Lipinski definition) is 3. The van der Waals surface area contributed by atoms with Gasteiger partial charge in [-0.1, -0.05) is 43.2 Å². The maximum absolute atomic E-state index is 11.9. The van der Waals surface area contributed by atoms with Gasteiger partial charge in [0, 0.05) is 19.0 Å². The number of benzene rings is 1. The third kappa shape index (κ3) is 6.16. The Balaban J connectivity index is 1.59. The summed E-state index contributed by atoms with van der Waals surface area (Å²) in [6.45, 7) is 4.27. The quantitative estimate of drug-likeness (QED) is 0.761. The van der Waals surface area contributed by atoms with E-state index in [1.807, 2.05) is 30.3 Å². The van der Waals surface area contributed by atoms with Crippen LogP contribution in [-0.2, 0) is 4.79 Å². The number of nitrogens with two attached hydrogens (primary N) is 1. The molecule has 0 radical (unpaired) electrons. The van der Waals surface area contributed by atoms with Gasteiger partial charge in [-0.15, -0.1) is 0 Å². The first-order valence-corrected chi connectivity index (χ1v) is 8.55. The molecule has 2 rings (SSSR count). The molecule has 0 bridgehead atoms. The molecule has 1 heterocycles. The molecule has 1 aromatic rings. The molecule has 3 N–H and O–H groups in total. The Kier molecular flexibility index (Phi) is 7.40. The smallest absolute Gasteiger partial charge is 0.221 e. The van der Waals surface area contributed by atoms with Gasteiger partial charge in [0.05, 0.1) is 0 Å². The largest absolute Gasteiger partial charge is 0.356 e. The predicted octanol–water partition coefficient (Wildman–Crippen LogP) is 2.46. The molecule has 122 valence electrons. The van der Waals surface area contributed by atoms with Crippen LogP contribution in [0.4, 0.5) is 0 Å². The van der Waals surface area contributed by atoms with Crippen LogP contribution in [0.15, 0.2) is 30.3 Å². The molecule has 1 aromatic carbocycles. The average Bonchev–Trinajstić information content (AvgIpc) is 2.81. The zero-order chi connectivity index (χ0) is 15.6. The van der Waals surface area contributed by atoms with Crippen LogP contribution in [0, 0.1) is 0 Å². The van der Waals surface area contributed by atoms with E-state index in [1.54, 1.807) is 0 Å². The molecule has 1 aliphatic rings. The van der Waals surface area contributed by atoms with Gasteiger partial charge in [0.2, 0.25) is 5.91 Å². The Morgan fingerprint density at radius 2 is 1.82 bits per heavy atom. The molecule has 0 spiro atoms. The lowest BCUT2D eigenvalue weighted by atomic mass is 10.0. The zero-order valence-electron chi connectivity index (χ0n) is 13.5. The van der Waals surface area contributed by atoms with Crippen molar-refractivity contribution in [1.29, 1.82) is 0 Å². The molecule has 1 atom stereocenters. The first kappa shape index (κ1) is 17.0. The van der Waals surface area contributed by atoms with Gasteiger partial charge in [-0.25, -0.2) is 0 Å². The lowest BCUT2D eigenvalue weighted by Crippen LogP contribution is -2.32. The molecule has 0 aromatic heterocycles. The van der Waals surface area contributed by atoms with E-state index < -0.39 is 0 Å². The molecule has 1 saturated heterocycles. The normalized spacial score (nSPS) is 17.7. The van der Waals surface area contributed by atoms with Crippen LogP contribution in [0.25, 0.3) is 0 Å². The molecule has 1 aliphatic heterocycles. The van der Waals surface area contributed by atoms with Gasteiger partial charge < -0.3 is 16.0 Å². The van der Waals surface area contributed by atoms with Gasteiger partial charge in [-0.2, -0.15) is 0 Å². The Hall–Kier alpha value is -1.39. The molecule has 1 fully saturated rings. The number of carbonyl (C=O) groups is 1. The molecule has 1 unspecified atom stereocenters. The third-order valence-corrected chi connectivity index (χ3v) is 4.31. The van der Waals surface area contributed by atoms with Crippen molar-refractivity contribution in [3.05, 3.63) is 35.9 Å². The summed E-state index contributed by atoms with van der Waals surface area (Å²) in [5, 5.41) is 2.99. The number of rotatable bonds is 7. The van der Waals surface area contributed by atoms with Gasteiger partial charge in [0.15, 0.2) is 0 Å². The van der Waals surface area contributed by atoms with Crippen molar-refractivity contribution in [3.63, 3.8) is 0 Å². The van der Waals surface area contributed by atoms with Crippen LogP contribution in [0.2, 0.25) is 0 Å². The van der Waals surface area contributed by atoms with Crippen LogP contribution in [0.3, 0.4) is 0 Å². The van der Waals surface area contributed by atoms with Crippen molar-refractivity contribution < 1.29 is 4.79 Å². The molecule has 1 amide bonds. The molecule has 4 nitrogen and oxygen atoms in total. The number of nitrogens with one attached hydrogen (secondary N) is 1. The summed E-state index contributed by atoms with van der Waals surface area (Å²) in [6.07, 6.45) is 6.74. The summed E-state index contributed by atoms with van der Waals surface area (Å²) in [5.41, 5.74) is 7.08. The van der Waals surface area contributed by atoms with E-state index >= 15 is 0 Å². The van der Waals surface area contributed by atoms with Crippen molar-refractivity contribution in [3.8, 4) is 0 Å². The number of likely N-dealkylation sites (tertiary alicyclic amines) is 1. The highest BCUT2D eigenvalue weighted by molar-refractivity contribution is 5.76. The van der Waals surface area contributed by atoms with Crippen molar-refractivity contribution in [1.82, 2.24) is 10.2 Å². The molecular formula is C18H29N3O. The second kappa shape index (κ2) is 9.59. The molecule has 0 saturated carbocycles.